The second-order valence-electron chi connectivity index (χ2n) is 5.56. The van der Waals surface area contributed by atoms with Crippen molar-refractivity contribution in [2.45, 2.75) is 0 Å². The second-order valence-corrected chi connectivity index (χ2v) is 5.56. The lowest BCUT2D eigenvalue weighted by molar-refractivity contribution is 0.0686. The molecule has 0 amide bonds. The molecule has 0 spiro atoms. The quantitative estimate of drug-likeness (QED) is 0.461. The monoisotopic (exact) mass is 320 g/mol. The topological polar surface area (TPSA) is 106 Å². The highest BCUT2D eigenvalue weighted by atomic mass is 16.4. The molecule has 4 aromatic rings. The third-order valence-corrected chi connectivity index (χ3v) is 4.09. The van der Waals surface area contributed by atoms with Crippen LogP contribution >= 0.6 is 0 Å². The molecule has 0 aliphatic rings. The summed E-state index contributed by atoms with van der Waals surface area (Å²) in [6, 6.07) is 11.6. The molecule has 0 bridgehead atoms. The molecule has 6 nitrogen and oxygen atoms in total. The lowest BCUT2D eigenvalue weighted by Gasteiger charge is -1.98. The van der Waals surface area contributed by atoms with Crippen LogP contribution in [0.3, 0.4) is 0 Å². The number of H-pyrrole nitrogens is 2. The van der Waals surface area contributed by atoms with Crippen molar-refractivity contribution in [1.82, 2.24) is 9.97 Å². The molecule has 0 aliphatic heterocycles. The first-order chi connectivity index (χ1) is 11.5. The van der Waals surface area contributed by atoms with Crippen LogP contribution in [0.15, 0.2) is 48.7 Å². The third-order valence-electron chi connectivity index (χ3n) is 4.09. The van der Waals surface area contributed by atoms with Gasteiger partial charge >= 0.3 is 11.9 Å². The van der Waals surface area contributed by atoms with Gasteiger partial charge in [0.15, 0.2) is 0 Å². The maximum Gasteiger partial charge on any atom is 0.335 e. The van der Waals surface area contributed by atoms with Gasteiger partial charge in [-0.3, -0.25) is 0 Å². The lowest BCUT2D eigenvalue weighted by Crippen LogP contribution is -1.94. The molecule has 0 saturated heterocycles. The van der Waals surface area contributed by atoms with Crippen molar-refractivity contribution in [3.8, 4) is 11.3 Å². The van der Waals surface area contributed by atoms with Crippen molar-refractivity contribution in [2.75, 3.05) is 0 Å². The zero-order valence-electron chi connectivity index (χ0n) is 12.3. The fraction of sp³-hybridized carbons (Fsp3) is 0. The smallest absolute Gasteiger partial charge is 0.335 e. The molecule has 2 heterocycles. The van der Waals surface area contributed by atoms with Crippen LogP contribution in [0.25, 0.3) is 33.1 Å². The summed E-state index contributed by atoms with van der Waals surface area (Å²) in [5.41, 5.74) is 3.72. The molecule has 2 aromatic heterocycles. The van der Waals surface area contributed by atoms with E-state index in [9.17, 15) is 9.59 Å². The normalized spacial score (nSPS) is 11.2. The number of nitrogens with one attached hydrogen (secondary N) is 2. The fourth-order valence-corrected chi connectivity index (χ4v) is 2.89. The molecule has 0 atom stereocenters. The Labute approximate surface area is 135 Å². The third kappa shape index (κ3) is 2.13. The number of fused-ring (bicyclic) bond motifs is 2. The minimum Gasteiger partial charge on any atom is -0.478 e. The van der Waals surface area contributed by atoms with Crippen LogP contribution in [0.5, 0.6) is 0 Å². The van der Waals surface area contributed by atoms with Crippen LogP contribution in [0.1, 0.15) is 20.7 Å². The Morgan fingerprint density at radius 1 is 0.833 bits per heavy atom. The minimum absolute atomic E-state index is 0.215. The average Bonchev–Trinajstić information content (AvgIpc) is 3.16. The Bertz CT molecular complexity index is 1120. The summed E-state index contributed by atoms with van der Waals surface area (Å²) >= 11 is 0. The first-order valence-electron chi connectivity index (χ1n) is 7.24. The first kappa shape index (κ1) is 14.1. The highest BCUT2D eigenvalue weighted by molar-refractivity contribution is 6.02. The molecule has 0 radical (unpaired) electrons. The van der Waals surface area contributed by atoms with E-state index >= 15 is 0 Å². The highest BCUT2D eigenvalue weighted by Crippen LogP contribution is 2.31. The van der Waals surface area contributed by atoms with Crippen molar-refractivity contribution in [3.63, 3.8) is 0 Å². The number of aromatic carboxylic acids is 2. The highest BCUT2D eigenvalue weighted by Gasteiger charge is 2.13. The molecule has 6 heteroatoms. The molecule has 0 saturated carbocycles. The molecular formula is C18H12N2O4. The number of carboxylic acids is 2. The number of benzene rings is 2. The molecule has 0 fully saturated rings. The van der Waals surface area contributed by atoms with Crippen molar-refractivity contribution in [3.05, 3.63) is 59.8 Å². The molecule has 4 N–H and O–H groups in total. The minimum atomic E-state index is -0.980. The Morgan fingerprint density at radius 3 is 2.21 bits per heavy atom. The van der Waals surface area contributed by atoms with E-state index < -0.39 is 11.9 Å². The predicted molar refractivity (Wildman–Crippen MR) is 89.5 cm³/mol. The summed E-state index contributed by atoms with van der Waals surface area (Å²) < 4.78 is 0. The van der Waals surface area contributed by atoms with Crippen molar-refractivity contribution in [1.29, 1.82) is 0 Å². The van der Waals surface area contributed by atoms with E-state index in [1.807, 2.05) is 6.07 Å². The SMILES string of the molecule is O=C(O)c1ccc2[nH]c(-c3c[nH]c4ccc(C(=O)O)cc34)cc2c1. The van der Waals surface area contributed by atoms with Crippen LogP contribution in [-0.4, -0.2) is 32.1 Å². The Balaban J connectivity index is 1.90. The van der Waals surface area contributed by atoms with Gasteiger partial charge in [-0.25, -0.2) is 9.59 Å². The van der Waals surface area contributed by atoms with Crippen molar-refractivity contribution >= 4 is 33.7 Å². The van der Waals surface area contributed by atoms with E-state index in [2.05, 4.69) is 9.97 Å². The molecule has 118 valence electrons. The Kier molecular flexibility index (Phi) is 2.93. The van der Waals surface area contributed by atoms with Gasteiger partial charge in [-0.15, -0.1) is 0 Å². The van der Waals surface area contributed by atoms with Gasteiger partial charge in [-0.2, -0.15) is 0 Å². The molecule has 0 unspecified atom stereocenters. The summed E-state index contributed by atoms with van der Waals surface area (Å²) in [4.78, 5) is 28.6. The van der Waals surface area contributed by atoms with Gasteiger partial charge in [-0.05, 0) is 42.5 Å². The average molecular weight is 320 g/mol. The maximum absolute atomic E-state index is 11.2. The molecule has 24 heavy (non-hydrogen) atoms. The van der Waals surface area contributed by atoms with Gasteiger partial charge in [-0.1, -0.05) is 0 Å². The molecular weight excluding hydrogens is 308 g/mol. The molecule has 2 aromatic carbocycles. The zero-order valence-corrected chi connectivity index (χ0v) is 12.3. The Morgan fingerprint density at radius 2 is 1.50 bits per heavy atom. The predicted octanol–water partition coefficient (Wildman–Crippen LogP) is 3.71. The standard InChI is InChI=1S/C18H12N2O4/c21-17(22)9-1-3-14-11(5-9)7-16(20-14)13-8-19-15-4-2-10(18(23)24)6-12(13)15/h1-8,19-20H,(H,21,22)(H,23,24). The number of hydrogen-bond donors (Lipinski definition) is 4. The first-order valence-corrected chi connectivity index (χ1v) is 7.24. The summed E-state index contributed by atoms with van der Waals surface area (Å²) in [7, 11) is 0. The summed E-state index contributed by atoms with van der Waals surface area (Å²) in [6.07, 6.45) is 1.80. The lowest BCUT2D eigenvalue weighted by atomic mass is 10.1. The number of carboxylic acid groups (broad SMARTS) is 2. The van der Waals surface area contributed by atoms with Gasteiger partial charge in [0.2, 0.25) is 0 Å². The van der Waals surface area contributed by atoms with E-state index in [1.54, 1.807) is 42.6 Å². The summed E-state index contributed by atoms with van der Waals surface area (Å²) in [5, 5.41) is 19.8. The number of hydrogen-bond acceptors (Lipinski definition) is 2. The summed E-state index contributed by atoms with van der Waals surface area (Å²) in [6.45, 7) is 0. The van der Waals surface area contributed by atoms with Crippen LogP contribution in [0, 0.1) is 0 Å². The van der Waals surface area contributed by atoms with Crippen LogP contribution in [0.2, 0.25) is 0 Å². The second kappa shape index (κ2) is 4.99. The fourth-order valence-electron chi connectivity index (χ4n) is 2.89. The maximum atomic E-state index is 11.2. The molecule has 0 aliphatic carbocycles. The number of rotatable bonds is 3. The van der Waals surface area contributed by atoms with E-state index in [0.29, 0.717) is 0 Å². The van der Waals surface area contributed by atoms with E-state index in [0.717, 1.165) is 33.1 Å². The van der Waals surface area contributed by atoms with Gasteiger partial charge < -0.3 is 20.2 Å². The van der Waals surface area contributed by atoms with Gasteiger partial charge in [0.1, 0.15) is 0 Å². The van der Waals surface area contributed by atoms with Crippen molar-refractivity contribution in [2.24, 2.45) is 0 Å². The number of carbonyl (C=O) groups is 2. The largest absolute Gasteiger partial charge is 0.478 e. The van der Waals surface area contributed by atoms with Crippen LogP contribution < -0.4 is 0 Å². The Hall–Kier alpha value is -3.54. The van der Waals surface area contributed by atoms with E-state index in [1.165, 1.54) is 0 Å². The number of aromatic nitrogens is 2. The zero-order chi connectivity index (χ0) is 16.8. The summed E-state index contributed by atoms with van der Waals surface area (Å²) in [5.74, 6) is -1.95. The molecule has 4 rings (SSSR count). The van der Waals surface area contributed by atoms with E-state index in [-0.39, 0.29) is 11.1 Å². The van der Waals surface area contributed by atoms with Crippen LogP contribution in [0.4, 0.5) is 0 Å². The van der Waals surface area contributed by atoms with Crippen LogP contribution in [-0.2, 0) is 0 Å². The van der Waals surface area contributed by atoms with E-state index in [4.69, 9.17) is 10.2 Å². The van der Waals surface area contributed by atoms with Gasteiger partial charge in [0.25, 0.3) is 0 Å². The van der Waals surface area contributed by atoms with Gasteiger partial charge in [0.05, 0.1) is 11.1 Å². The van der Waals surface area contributed by atoms with Crippen molar-refractivity contribution < 1.29 is 19.8 Å². The number of aromatic amines is 2. The van der Waals surface area contributed by atoms with Gasteiger partial charge in [0, 0.05) is 39.3 Å².